The summed E-state index contributed by atoms with van der Waals surface area (Å²) >= 11 is 3.46. The molecule has 0 aromatic heterocycles. The van der Waals surface area contributed by atoms with Crippen molar-refractivity contribution in [3.63, 3.8) is 0 Å². The van der Waals surface area contributed by atoms with Crippen molar-refractivity contribution in [2.24, 2.45) is 0 Å². The number of rotatable bonds is 7. The molecule has 0 saturated carbocycles. The molecule has 0 fully saturated rings. The molecule has 0 spiro atoms. The third-order valence-corrected chi connectivity index (χ3v) is 2.81. The van der Waals surface area contributed by atoms with Gasteiger partial charge >= 0.3 is 0 Å². The second-order valence-electron chi connectivity index (χ2n) is 3.10. The SMILES string of the molecule is C=CCOC(Br)(OCC=C)c1ccccc1. The molecule has 0 aliphatic heterocycles. The van der Waals surface area contributed by atoms with Crippen LogP contribution in [0.15, 0.2) is 55.6 Å². The lowest BCUT2D eigenvalue weighted by atomic mass is 10.2. The van der Waals surface area contributed by atoms with E-state index in [1.165, 1.54) is 0 Å². The van der Waals surface area contributed by atoms with Crippen molar-refractivity contribution < 1.29 is 9.47 Å². The molecule has 1 aromatic rings. The summed E-state index contributed by atoms with van der Waals surface area (Å²) in [5, 5.41) is 0. The predicted octanol–water partition coefficient (Wildman–Crippen LogP) is 3.60. The lowest BCUT2D eigenvalue weighted by Crippen LogP contribution is -2.26. The van der Waals surface area contributed by atoms with E-state index in [1.54, 1.807) is 12.2 Å². The summed E-state index contributed by atoms with van der Waals surface area (Å²) in [6, 6.07) is 9.67. The van der Waals surface area contributed by atoms with Crippen LogP contribution in [-0.2, 0) is 14.2 Å². The van der Waals surface area contributed by atoms with Gasteiger partial charge in [-0.25, -0.2) is 0 Å². The molecule has 0 bridgehead atoms. The van der Waals surface area contributed by atoms with Crippen LogP contribution in [0.2, 0.25) is 0 Å². The van der Waals surface area contributed by atoms with Crippen LogP contribution in [0, 0.1) is 0 Å². The monoisotopic (exact) mass is 282 g/mol. The number of ether oxygens (including phenoxy) is 2. The number of alkyl halides is 1. The summed E-state index contributed by atoms with van der Waals surface area (Å²) in [6.45, 7) is 8.03. The Morgan fingerprint density at radius 2 is 1.56 bits per heavy atom. The van der Waals surface area contributed by atoms with Crippen LogP contribution in [0.4, 0.5) is 0 Å². The Kier molecular flexibility index (Phi) is 5.46. The Bertz CT molecular complexity index is 323. The number of hydrogen-bond acceptors (Lipinski definition) is 2. The first-order valence-electron chi connectivity index (χ1n) is 4.97. The van der Waals surface area contributed by atoms with E-state index in [1.807, 2.05) is 30.3 Å². The molecule has 0 radical (unpaired) electrons. The molecule has 3 heteroatoms. The summed E-state index contributed by atoms with van der Waals surface area (Å²) < 4.78 is 10.3. The maximum atomic E-state index is 5.60. The molecular formula is C13H15BrO2. The van der Waals surface area contributed by atoms with Gasteiger partial charge in [0.1, 0.15) is 0 Å². The lowest BCUT2D eigenvalue weighted by molar-refractivity contribution is -0.157. The molecule has 0 aliphatic carbocycles. The van der Waals surface area contributed by atoms with E-state index in [4.69, 9.17) is 9.47 Å². The summed E-state index contributed by atoms with van der Waals surface area (Å²) in [5.41, 5.74) is 0.902. The van der Waals surface area contributed by atoms with Gasteiger partial charge in [0, 0.05) is 5.56 Å². The molecule has 86 valence electrons. The van der Waals surface area contributed by atoms with Crippen molar-refractivity contribution in [3.05, 3.63) is 61.2 Å². The normalized spacial score (nSPS) is 11.1. The van der Waals surface area contributed by atoms with Gasteiger partial charge < -0.3 is 9.47 Å². The van der Waals surface area contributed by atoms with Crippen LogP contribution in [0.5, 0.6) is 0 Å². The van der Waals surface area contributed by atoms with Crippen molar-refractivity contribution in [3.8, 4) is 0 Å². The molecule has 0 amide bonds. The van der Waals surface area contributed by atoms with E-state index in [2.05, 4.69) is 29.1 Å². The van der Waals surface area contributed by atoms with Crippen molar-refractivity contribution >= 4 is 15.9 Å². The summed E-state index contributed by atoms with van der Waals surface area (Å²) in [6.07, 6.45) is 3.35. The maximum Gasteiger partial charge on any atom is 0.254 e. The Hall–Kier alpha value is -0.900. The van der Waals surface area contributed by atoms with Gasteiger partial charge in [0.15, 0.2) is 0 Å². The van der Waals surface area contributed by atoms with E-state index in [9.17, 15) is 0 Å². The summed E-state index contributed by atoms with van der Waals surface area (Å²) in [4.78, 5) is 0. The van der Waals surface area contributed by atoms with Crippen LogP contribution in [0.3, 0.4) is 0 Å². The Balaban J connectivity index is 2.84. The van der Waals surface area contributed by atoms with Gasteiger partial charge in [-0.2, -0.15) is 0 Å². The Labute approximate surface area is 105 Å². The van der Waals surface area contributed by atoms with E-state index in [0.717, 1.165) is 5.56 Å². The minimum absolute atomic E-state index is 0.400. The lowest BCUT2D eigenvalue weighted by Gasteiger charge is -2.27. The molecule has 2 nitrogen and oxygen atoms in total. The molecule has 0 unspecified atom stereocenters. The van der Waals surface area contributed by atoms with Gasteiger partial charge in [-0.05, 0) is 15.9 Å². The first-order chi connectivity index (χ1) is 7.73. The fourth-order valence-electron chi connectivity index (χ4n) is 1.18. The van der Waals surface area contributed by atoms with Crippen molar-refractivity contribution in [1.82, 2.24) is 0 Å². The number of benzene rings is 1. The molecule has 0 atom stereocenters. The highest BCUT2D eigenvalue weighted by Crippen LogP contribution is 2.34. The molecule has 1 aromatic carbocycles. The zero-order valence-corrected chi connectivity index (χ0v) is 10.7. The largest absolute Gasteiger partial charge is 0.333 e. The van der Waals surface area contributed by atoms with Gasteiger partial charge in [0.05, 0.1) is 13.2 Å². The van der Waals surface area contributed by atoms with E-state index in [0.29, 0.717) is 13.2 Å². The van der Waals surface area contributed by atoms with Crippen molar-refractivity contribution in [2.75, 3.05) is 13.2 Å². The Morgan fingerprint density at radius 3 is 2.00 bits per heavy atom. The number of halogens is 1. The summed E-state index contributed by atoms with van der Waals surface area (Å²) in [7, 11) is 0. The zero-order valence-electron chi connectivity index (χ0n) is 9.06. The van der Waals surface area contributed by atoms with Crippen LogP contribution < -0.4 is 0 Å². The molecular weight excluding hydrogens is 268 g/mol. The molecule has 1 rings (SSSR count). The van der Waals surface area contributed by atoms with Crippen LogP contribution in [0.1, 0.15) is 5.56 Å². The summed E-state index contributed by atoms with van der Waals surface area (Å²) in [5.74, 6) is 0. The third-order valence-electron chi connectivity index (χ3n) is 1.89. The van der Waals surface area contributed by atoms with E-state index in [-0.39, 0.29) is 0 Å². The standard InChI is InChI=1S/C13H15BrO2/c1-3-10-15-13(14,16-11-4-2)12-8-6-5-7-9-12/h3-9H,1-2,10-11H2. The number of hydrogen-bond donors (Lipinski definition) is 0. The topological polar surface area (TPSA) is 18.5 Å². The average Bonchev–Trinajstić information content (AvgIpc) is 2.35. The van der Waals surface area contributed by atoms with Gasteiger partial charge in [0.2, 0.25) is 0 Å². The fourth-order valence-corrected chi connectivity index (χ4v) is 1.71. The van der Waals surface area contributed by atoms with Crippen molar-refractivity contribution in [2.45, 2.75) is 4.70 Å². The molecule has 0 saturated heterocycles. The molecule has 0 aliphatic rings. The highest BCUT2D eigenvalue weighted by Gasteiger charge is 2.30. The minimum atomic E-state index is -0.934. The maximum absolute atomic E-state index is 5.60. The molecule has 0 N–H and O–H groups in total. The first kappa shape index (κ1) is 13.2. The smallest absolute Gasteiger partial charge is 0.254 e. The van der Waals surface area contributed by atoms with Crippen LogP contribution >= 0.6 is 15.9 Å². The zero-order chi connectivity index (χ0) is 11.9. The van der Waals surface area contributed by atoms with Gasteiger partial charge in [0.25, 0.3) is 4.70 Å². The average molecular weight is 283 g/mol. The van der Waals surface area contributed by atoms with Gasteiger partial charge in [-0.1, -0.05) is 42.5 Å². The Morgan fingerprint density at radius 1 is 1.06 bits per heavy atom. The van der Waals surface area contributed by atoms with Crippen molar-refractivity contribution in [1.29, 1.82) is 0 Å². The van der Waals surface area contributed by atoms with Crippen LogP contribution in [-0.4, -0.2) is 13.2 Å². The third kappa shape index (κ3) is 3.59. The molecule has 16 heavy (non-hydrogen) atoms. The second-order valence-corrected chi connectivity index (χ2v) is 4.15. The molecule has 0 heterocycles. The predicted molar refractivity (Wildman–Crippen MR) is 69.3 cm³/mol. The fraction of sp³-hybridized carbons (Fsp3) is 0.231. The van der Waals surface area contributed by atoms with E-state index >= 15 is 0 Å². The second kappa shape index (κ2) is 6.63. The quantitative estimate of drug-likeness (QED) is 0.432. The minimum Gasteiger partial charge on any atom is -0.333 e. The van der Waals surface area contributed by atoms with Crippen LogP contribution in [0.25, 0.3) is 0 Å². The highest BCUT2D eigenvalue weighted by atomic mass is 79.9. The first-order valence-corrected chi connectivity index (χ1v) is 5.76. The van der Waals surface area contributed by atoms with Gasteiger partial charge in [-0.3, -0.25) is 0 Å². The highest BCUT2D eigenvalue weighted by molar-refractivity contribution is 9.09. The van der Waals surface area contributed by atoms with E-state index < -0.39 is 4.70 Å². The van der Waals surface area contributed by atoms with Gasteiger partial charge in [-0.15, -0.1) is 13.2 Å².